The molecule has 1 aliphatic heterocycles. The van der Waals surface area contributed by atoms with Gasteiger partial charge in [0, 0.05) is 13.1 Å². The molecule has 5 nitrogen and oxygen atoms in total. The lowest BCUT2D eigenvalue weighted by molar-refractivity contribution is -0.145. The molecule has 19 heavy (non-hydrogen) atoms. The zero-order chi connectivity index (χ0) is 13.8. The van der Waals surface area contributed by atoms with E-state index in [0.717, 1.165) is 38.8 Å². The van der Waals surface area contributed by atoms with Crippen LogP contribution < -0.4 is 10.6 Å². The van der Waals surface area contributed by atoms with Gasteiger partial charge in [-0.2, -0.15) is 0 Å². The fourth-order valence-electron chi connectivity index (χ4n) is 3.30. The maximum absolute atomic E-state index is 12.1. The Morgan fingerprint density at radius 2 is 1.95 bits per heavy atom. The van der Waals surface area contributed by atoms with Crippen LogP contribution in [0, 0.1) is 23.7 Å². The minimum atomic E-state index is -0.713. The highest BCUT2D eigenvalue weighted by Crippen LogP contribution is 2.30. The Bertz CT molecular complexity index is 346. The third-order valence-corrected chi connectivity index (χ3v) is 4.62. The number of rotatable bonds is 4. The monoisotopic (exact) mass is 268 g/mol. The van der Waals surface area contributed by atoms with Crippen LogP contribution in [-0.2, 0) is 9.59 Å². The second kappa shape index (κ2) is 6.37. The van der Waals surface area contributed by atoms with Crippen LogP contribution >= 0.6 is 0 Å². The van der Waals surface area contributed by atoms with Gasteiger partial charge < -0.3 is 15.7 Å². The molecule has 1 aliphatic carbocycles. The molecule has 1 saturated heterocycles. The zero-order valence-corrected chi connectivity index (χ0v) is 11.5. The average Bonchev–Trinajstić information content (AvgIpc) is 2.82. The number of amides is 1. The Balaban J connectivity index is 1.83. The zero-order valence-electron chi connectivity index (χ0n) is 11.5. The first-order chi connectivity index (χ1) is 9.09. The Morgan fingerprint density at radius 1 is 1.21 bits per heavy atom. The maximum Gasteiger partial charge on any atom is 0.306 e. The molecule has 2 rings (SSSR count). The predicted molar refractivity (Wildman–Crippen MR) is 71.6 cm³/mol. The summed E-state index contributed by atoms with van der Waals surface area (Å²) in [6.45, 7) is 4.21. The summed E-state index contributed by atoms with van der Waals surface area (Å²) in [5, 5.41) is 15.4. The molecule has 4 atom stereocenters. The molecular weight excluding hydrogens is 244 g/mol. The Labute approximate surface area is 114 Å². The van der Waals surface area contributed by atoms with Crippen LogP contribution in [0.25, 0.3) is 0 Å². The lowest BCUT2D eigenvalue weighted by atomic mass is 9.79. The molecule has 2 aliphatic rings. The molecule has 108 valence electrons. The smallest absolute Gasteiger partial charge is 0.306 e. The molecule has 1 amide bonds. The van der Waals surface area contributed by atoms with Crippen molar-refractivity contribution in [3.05, 3.63) is 0 Å². The highest BCUT2D eigenvalue weighted by atomic mass is 16.4. The van der Waals surface area contributed by atoms with Crippen molar-refractivity contribution in [3.63, 3.8) is 0 Å². The number of hydrogen-bond donors (Lipinski definition) is 3. The number of hydrogen-bond acceptors (Lipinski definition) is 3. The van der Waals surface area contributed by atoms with Gasteiger partial charge in [-0.05, 0) is 31.2 Å². The van der Waals surface area contributed by atoms with Crippen molar-refractivity contribution in [1.29, 1.82) is 0 Å². The van der Waals surface area contributed by atoms with E-state index in [1.54, 1.807) is 0 Å². The number of carbonyl (C=O) groups excluding carboxylic acids is 1. The molecule has 0 aromatic carbocycles. The third-order valence-electron chi connectivity index (χ3n) is 4.62. The number of carboxylic acid groups (broad SMARTS) is 1. The fraction of sp³-hybridized carbons (Fsp3) is 0.857. The van der Waals surface area contributed by atoms with Gasteiger partial charge in [0.15, 0.2) is 0 Å². The molecule has 0 aromatic heterocycles. The maximum atomic E-state index is 12.1. The van der Waals surface area contributed by atoms with Gasteiger partial charge in [-0.15, -0.1) is 0 Å². The van der Waals surface area contributed by atoms with E-state index in [1.807, 2.05) is 0 Å². The Morgan fingerprint density at radius 3 is 2.58 bits per heavy atom. The van der Waals surface area contributed by atoms with E-state index in [9.17, 15) is 14.7 Å². The SMILES string of the molecule is C[C@@H]1CNC[C@H]1C(=O)NCC1CCCCC1C(=O)O. The summed E-state index contributed by atoms with van der Waals surface area (Å²) in [5.74, 6) is -0.427. The quantitative estimate of drug-likeness (QED) is 0.706. The first kappa shape index (κ1) is 14.3. The van der Waals surface area contributed by atoms with Gasteiger partial charge >= 0.3 is 5.97 Å². The topological polar surface area (TPSA) is 78.4 Å². The van der Waals surface area contributed by atoms with Gasteiger partial charge in [0.25, 0.3) is 0 Å². The molecule has 0 bridgehead atoms. The molecular formula is C14H24N2O3. The van der Waals surface area contributed by atoms with Crippen LogP contribution in [0.3, 0.4) is 0 Å². The third kappa shape index (κ3) is 3.47. The first-order valence-corrected chi connectivity index (χ1v) is 7.31. The van der Waals surface area contributed by atoms with Crippen LogP contribution in [0.4, 0.5) is 0 Å². The number of carbonyl (C=O) groups is 2. The normalized spacial score (nSPS) is 35.0. The van der Waals surface area contributed by atoms with Crippen LogP contribution in [-0.4, -0.2) is 36.6 Å². The van der Waals surface area contributed by atoms with E-state index >= 15 is 0 Å². The molecule has 0 radical (unpaired) electrons. The number of carboxylic acids is 1. The van der Waals surface area contributed by atoms with Crippen LogP contribution in [0.1, 0.15) is 32.6 Å². The van der Waals surface area contributed by atoms with Gasteiger partial charge in [0.1, 0.15) is 0 Å². The van der Waals surface area contributed by atoms with Gasteiger partial charge in [-0.1, -0.05) is 19.8 Å². The summed E-state index contributed by atoms with van der Waals surface area (Å²) < 4.78 is 0. The predicted octanol–water partition coefficient (Wildman–Crippen LogP) is 0.849. The molecule has 0 spiro atoms. The van der Waals surface area contributed by atoms with E-state index in [2.05, 4.69) is 17.6 Å². The van der Waals surface area contributed by atoms with E-state index < -0.39 is 5.97 Å². The van der Waals surface area contributed by atoms with Crippen molar-refractivity contribution in [1.82, 2.24) is 10.6 Å². The molecule has 5 heteroatoms. The van der Waals surface area contributed by atoms with Crippen molar-refractivity contribution in [2.45, 2.75) is 32.6 Å². The largest absolute Gasteiger partial charge is 0.481 e. The second-order valence-corrected chi connectivity index (χ2v) is 5.98. The van der Waals surface area contributed by atoms with Gasteiger partial charge in [-0.25, -0.2) is 0 Å². The summed E-state index contributed by atoms with van der Waals surface area (Å²) >= 11 is 0. The van der Waals surface area contributed by atoms with Crippen LogP contribution in [0.2, 0.25) is 0 Å². The number of nitrogens with one attached hydrogen (secondary N) is 2. The van der Waals surface area contributed by atoms with Crippen molar-refractivity contribution < 1.29 is 14.7 Å². The minimum Gasteiger partial charge on any atom is -0.481 e. The highest BCUT2D eigenvalue weighted by Gasteiger charge is 2.33. The molecule has 3 N–H and O–H groups in total. The second-order valence-electron chi connectivity index (χ2n) is 5.98. The minimum absolute atomic E-state index is 0.0341. The van der Waals surface area contributed by atoms with Crippen molar-refractivity contribution >= 4 is 11.9 Å². The molecule has 1 heterocycles. The Hall–Kier alpha value is -1.10. The van der Waals surface area contributed by atoms with Crippen LogP contribution in [0.15, 0.2) is 0 Å². The molecule has 2 fully saturated rings. The van der Waals surface area contributed by atoms with Gasteiger partial charge in [-0.3, -0.25) is 9.59 Å². The molecule has 1 saturated carbocycles. The van der Waals surface area contributed by atoms with Gasteiger partial charge in [0.2, 0.25) is 5.91 Å². The highest BCUT2D eigenvalue weighted by molar-refractivity contribution is 5.79. The van der Waals surface area contributed by atoms with E-state index in [0.29, 0.717) is 12.5 Å². The van der Waals surface area contributed by atoms with E-state index in [4.69, 9.17) is 0 Å². The summed E-state index contributed by atoms with van der Waals surface area (Å²) in [6, 6.07) is 0. The number of aliphatic carboxylic acids is 1. The van der Waals surface area contributed by atoms with Gasteiger partial charge in [0.05, 0.1) is 11.8 Å². The fourth-order valence-corrected chi connectivity index (χ4v) is 3.30. The Kier molecular flexibility index (Phi) is 4.80. The lowest BCUT2D eigenvalue weighted by Crippen LogP contribution is -2.41. The first-order valence-electron chi connectivity index (χ1n) is 7.31. The standard InChI is InChI=1S/C14H24N2O3/c1-9-6-15-8-12(9)13(17)16-7-10-4-2-3-5-11(10)14(18)19/h9-12,15H,2-8H2,1H3,(H,16,17)(H,18,19)/t9-,10?,11?,12-/m1/s1. The van der Waals surface area contributed by atoms with E-state index in [-0.39, 0.29) is 23.7 Å². The lowest BCUT2D eigenvalue weighted by Gasteiger charge is -2.29. The molecule has 0 aromatic rings. The van der Waals surface area contributed by atoms with Crippen molar-refractivity contribution in [2.24, 2.45) is 23.7 Å². The average molecular weight is 268 g/mol. The van der Waals surface area contributed by atoms with Crippen molar-refractivity contribution in [2.75, 3.05) is 19.6 Å². The summed E-state index contributed by atoms with van der Waals surface area (Å²) in [4.78, 5) is 23.3. The molecule has 2 unspecified atom stereocenters. The van der Waals surface area contributed by atoms with E-state index in [1.165, 1.54) is 0 Å². The summed E-state index contributed by atoms with van der Waals surface area (Å²) in [7, 11) is 0. The van der Waals surface area contributed by atoms with Crippen LogP contribution in [0.5, 0.6) is 0 Å². The summed E-state index contributed by atoms with van der Waals surface area (Å²) in [6.07, 6.45) is 3.73. The summed E-state index contributed by atoms with van der Waals surface area (Å²) in [5.41, 5.74) is 0. The van der Waals surface area contributed by atoms with Crippen molar-refractivity contribution in [3.8, 4) is 0 Å².